The van der Waals surface area contributed by atoms with Crippen molar-refractivity contribution in [1.29, 1.82) is 0 Å². The van der Waals surface area contributed by atoms with Crippen molar-refractivity contribution in [3.63, 3.8) is 0 Å². The Bertz CT molecular complexity index is 894. The molecule has 2 N–H and O–H groups in total. The van der Waals surface area contributed by atoms with Crippen LogP contribution in [0.1, 0.15) is 43.0 Å². The highest BCUT2D eigenvalue weighted by Gasteiger charge is 2.26. The number of nitrogen functional groups attached to an aromatic ring is 1. The predicted octanol–water partition coefficient (Wildman–Crippen LogP) is 2.45. The maximum atomic E-state index is 12.4. The van der Waals surface area contributed by atoms with E-state index in [9.17, 15) is 4.79 Å². The molecular formula is C16H16N4O2. The van der Waals surface area contributed by atoms with Crippen molar-refractivity contribution in [2.45, 2.75) is 31.7 Å². The highest BCUT2D eigenvalue weighted by molar-refractivity contribution is 5.85. The van der Waals surface area contributed by atoms with E-state index in [4.69, 9.17) is 15.1 Å². The van der Waals surface area contributed by atoms with E-state index >= 15 is 0 Å². The van der Waals surface area contributed by atoms with Crippen LogP contribution in [-0.2, 0) is 0 Å². The first kappa shape index (κ1) is 13.1. The van der Waals surface area contributed by atoms with Crippen molar-refractivity contribution in [2.24, 2.45) is 0 Å². The molecule has 1 saturated carbocycles. The van der Waals surface area contributed by atoms with Crippen LogP contribution in [-0.4, -0.2) is 14.5 Å². The summed E-state index contributed by atoms with van der Waals surface area (Å²) in [6.07, 6.45) is 5.53. The second-order valence-corrected chi connectivity index (χ2v) is 5.76. The van der Waals surface area contributed by atoms with Crippen LogP contribution >= 0.6 is 0 Å². The van der Waals surface area contributed by atoms with E-state index in [0.29, 0.717) is 17.0 Å². The van der Waals surface area contributed by atoms with Crippen LogP contribution in [0.4, 0.5) is 5.82 Å². The number of pyridine rings is 1. The maximum absolute atomic E-state index is 12.4. The summed E-state index contributed by atoms with van der Waals surface area (Å²) in [6, 6.07) is 5.51. The molecule has 1 atom stereocenters. The molecule has 1 aliphatic carbocycles. The van der Waals surface area contributed by atoms with Gasteiger partial charge in [-0.1, -0.05) is 0 Å². The van der Waals surface area contributed by atoms with E-state index in [2.05, 4.69) is 4.98 Å². The Balaban J connectivity index is 1.99. The van der Waals surface area contributed by atoms with Gasteiger partial charge >= 0.3 is 5.69 Å². The molecule has 1 aliphatic rings. The van der Waals surface area contributed by atoms with E-state index in [1.807, 2.05) is 25.1 Å². The van der Waals surface area contributed by atoms with Crippen molar-refractivity contribution >= 4 is 16.9 Å². The summed E-state index contributed by atoms with van der Waals surface area (Å²) in [4.78, 5) is 21.0. The van der Waals surface area contributed by atoms with Gasteiger partial charge in [0.25, 0.3) is 0 Å². The van der Waals surface area contributed by atoms with E-state index < -0.39 is 0 Å². The van der Waals surface area contributed by atoms with E-state index in [0.717, 1.165) is 24.1 Å². The summed E-state index contributed by atoms with van der Waals surface area (Å²) >= 11 is 0. The largest absolute Gasteiger partial charge is 0.472 e. The third-order valence-corrected chi connectivity index (χ3v) is 4.23. The molecule has 0 aromatic carbocycles. The van der Waals surface area contributed by atoms with Crippen LogP contribution in [0, 0.1) is 0 Å². The van der Waals surface area contributed by atoms with Crippen LogP contribution in [0.3, 0.4) is 0 Å². The lowest BCUT2D eigenvalue weighted by Crippen LogP contribution is -2.28. The number of hydrogen-bond donors (Lipinski definition) is 1. The van der Waals surface area contributed by atoms with Gasteiger partial charge in [0.2, 0.25) is 0 Å². The normalized spacial score (nSPS) is 16.0. The summed E-state index contributed by atoms with van der Waals surface area (Å²) in [5, 5.41) is 0.708. The minimum absolute atomic E-state index is 0.219. The molecule has 0 spiro atoms. The van der Waals surface area contributed by atoms with Crippen LogP contribution in [0.2, 0.25) is 0 Å². The maximum Gasteiger partial charge on any atom is 0.351 e. The first-order valence-electron chi connectivity index (χ1n) is 7.36. The molecular weight excluding hydrogens is 280 g/mol. The zero-order valence-corrected chi connectivity index (χ0v) is 12.2. The molecule has 3 aromatic heterocycles. The smallest absolute Gasteiger partial charge is 0.351 e. The molecule has 6 nitrogen and oxygen atoms in total. The fraction of sp³-hybridized carbons (Fsp3) is 0.312. The number of nitrogens with two attached hydrogens (primary N) is 1. The molecule has 22 heavy (non-hydrogen) atoms. The van der Waals surface area contributed by atoms with Crippen molar-refractivity contribution in [3.8, 4) is 0 Å². The van der Waals surface area contributed by atoms with Crippen molar-refractivity contribution in [2.75, 3.05) is 5.73 Å². The van der Waals surface area contributed by atoms with Gasteiger partial charge in [0.1, 0.15) is 11.5 Å². The number of aromatic nitrogens is 3. The van der Waals surface area contributed by atoms with Crippen LogP contribution in [0.5, 0.6) is 0 Å². The fourth-order valence-corrected chi connectivity index (χ4v) is 2.77. The Kier molecular flexibility index (Phi) is 2.79. The van der Waals surface area contributed by atoms with Crippen molar-refractivity contribution in [3.05, 3.63) is 52.5 Å². The van der Waals surface area contributed by atoms with Gasteiger partial charge in [0, 0.05) is 17.2 Å². The van der Waals surface area contributed by atoms with Gasteiger partial charge in [-0.3, -0.25) is 4.57 Å². The number of anilines is 1. The minimum Gasteiger partial charge on any atom is -0.472 e. The third kappa shape index (κ3) is 1.99. The molecule has 0 bridgehead atoms. The van der Waals surface area contributed by atoms with Crippen LogP contribution in [0.15, 0.2) is 39.9 Å². The van der Waals surface area contributed by atoms with E-state index in [-0.39, 0.29) is 17.5 Å². The van der Waals surface area contributed by atoms with Gasteiger partial charge in [-0.25, -0.2) is 9.78 Å². The Hall–Kier alpha value is -2.63. The van der Waals surface area contributed by atoms with Gasteiger partial charge in [-0.15, -0.1) is 0 Å². The van der Waals surface area contributed by atoms with Gasteiger partial charge < -0.3 is 10.2 Å². The highest BCUT2D eigenvalue weighted by atomic mass is 16.3. The summed E-state index contributed by atoms with van der Waals surface area (Å²) in [7, 11) is 0. The first-order valence-corrected chi connectivity index (χ1v) is 7.36. The highest BCUT2D eigenvalue weighted by Crippen LogP contribution is 2.39. The molecule has 0 saturated heterocycles. The monoisotopic (exact) mass is 296 g/mol. The topological polar surface area (TPSA) is 86.9 Å². The molecule has 0 radical (unpaired) electrons. The summed E-state index contributed by atoms with van der Waals surface area (Å²) in [5.41, 5.74) is 8.02. The minimum atomic E-state index is -0.390. The Morgan fingerprint density at radius 2 is 2.14 bits per heavy atom. The van der Waals surface area contributed by atoms with Crippen molar-refractivity contribution in [1.82, 2.24) is 14.5 Å². The predicted molar refractivity (Wildman–Crippen MR) is 82.7 cm³/mol. The van der Waals surface area contributed by atoms with Gasteiger partial charge in [0.05, 0.1) is 24.0 Å². The Morgan fingerprint density at radius 1 is 1.32 bits per heavy atom. The zero-order chi connectivity index (χ0) is 15.3. The second kappa shape index (κ2) is 4.69. The molecule has 6 heteroatoms. The molecule has 3 aromatic rings. The van der Waals surface area contributed by atoms with Crippen LogP contribution < -0.4 is 11.4 Å². The number of nitrogens with zero attached hydrogens (tertiary/aromatic N) is 3. The molecule has 112 valence electrons. The zero-order valence-electron chi connectivity index (χ0n) is 12.2. The van der Waals surface area contributed by atoms with Crippen LogP contribution in [0.25, 0.3) is 11.0 Å². The summed E-state index contributed by atoms with van der Waals surface area (Å²) in [6.45, 7) is 1.93. The van der Waals surface area contributed by atoms with E-state index in [1.165, 1.54) is 0 Å². The Labute approximate surface area is 126 Å². The average Bonchev–Trinajstić information content (AvgIpc) is 3.21. The molecule has 4 rings (SSSR count). The molecule has 1 fully saturated rings. The number of hydrogen-bond acceptors (Lipinski definition) is 5. The lowest BCUT2D eigenvalue weighted by Gasteiger charge is -2.16. The first-order chi connectivity index (χ1) is 10.6. The van der Waals surface area contributed by atoms with Crippen molar-refractivity contribution < 1.29 is 4.42 Å². The molecule has 1 unspecified atom stereocenters. The molecule has 3 heterocycles. The van der Waals surface area contributed by atoms with Gasteiger partial charge in [-0.05, 0) is 38.0 Å². The third-order valence-electron chi connectivity index (χ3n) is 4.23. The summed E-state index contributed by atoms with van der Waals surface area (Å²) < 4.78 is 6.71. The summed E-state index contributed by atoms with van der Waals surface area (Å²) in [5.74, 6) is 0.733. The lowest BCUT2D eigenvalue weighted by atomic mass is 10.1. The number of furan rings is 1. The fourth-order valence-electron chi connectivity index (χ4n) is 2.77. The standard InChI is InChI=1S/C16H16N4O2/c1-9(11-6-7-22-8-11)20-15-12(14(17)19-16(20)21)4-5-13(18-15)10-2-3-10/h4-10H,2-3H2,1H3,(H2,17,19,21). The number of fused-ring (bicyclic) bond motifs is 1. The number of rotatable bonds is 3. The average molecular weight is 296 g/mol. The lowest BCUT2D eigenvalue weighted by molar-refractivity contribution is 0.549. The molecule has 0 amide bonds. The second-order valence-electron chi connectivity index (χ2n) is 5.76. The van der Waals surface area contributed by atoms with Gasteiger partial charge in [-0.2, -0.15) is 4.98 Å². The quantitative estimate of drug-likeness (QED) is 0.802. The SMILES string of the molecule is CC(c1ccoc1)n1c(=O)nc(N)c2ccc(C3CC3)nc21. The van der Waals surface area contributed by atoms with E-state index in [1.54, 1.807) is 17.1 Å². The van der Waals surface area contributed by atoms with Gasteiger partial charge in [0.15, 0.2) is 0 Å². The molecule has 0 aliphatic heterocycles. The Morgan fingerprint density at radius 3 is 2.82 bits per heavy atom.